The molecule has 0 aliphatic carbocycles. The predicted molar refractivity (Wildman–Crippen MR) is 83.6 cm³/mol. The van der Waals surface area contributed by atoms with E-state index in [1.165, 1.54) is 6.07 Å². The number of thioether (sulfide) groups is 1. The molecular formula is C15H23NO4S. The van der Waals surface area contributed by atoms with Gasteiger partial charge in [0.2, 0.25) is 5.91 Å². The van der Waals surface area contributed by atoms with Gasteiger partial charge in [-0.2, -0.15) is 0 Å². The summed E-state index contributed by atoms with van der Waals surface area (Å²) < 4.78 is 5.42. The molecule has 1 atom stereocenters. The summed E-state index contributed by atoms with van der Waals surface area (Å²) >= 11 is 1.63. The summed E-state index contributed by atoms with van der Waals surface area (Å²) in [6.45, 7) is 7.97. The lowest BCUT2D eigenvalue weighted by Gasteiger charge is -2.25. The Bertz CT molecular complexity index is 510. The van der Waals surface area contributed by atoms with Gasteiger partial charge in [0.05, 0.1) is 11.8 Å². The van der Waals surface area contributed by atoms with Gasteiger partial charge in [-0.05, 0) is 24.7 Å². The third kappa shape index (κ3) is 4.52. The number of hydrogen-bond donors (Lipinski definition) is 1. The highest BCUT2D eigenvalue weighted by Crippen LogP contribution is 2.23. The molecule has 0 unspecified atom stereocenters. The number of amides is 1. The third-order valence-corrected chi connectivity index (χ3v) is 4.60. The Morgan fingerprint density at radius 3 is 2.48 bits per heavy atom. The minimum atomic E-state index is -1.02. The number of aromatic carboxylic acids is 1. The van der Waals surface area contributed by atoms with E-state index in [4.69, 9.17) is 9.52 Å². The van der Waals surface area contributed by atoms with Crippen molar-refractivity contribution in [3.63, 3.8) is 0 Å². The van der Waals surface area contributed by atoms with Gasteiger partial charge in [0.15, 0.2) is 0 Å². The van der Waals surface area contributed by atoms with Crippen molar-refractivity contribution in [3.8, 4) is 0 Å². The maximum atomic E-state index is 12.5. The van der Waals surface area contributed by atoms with Crippen molar-refractivity contribution in [1.29, 1.82) is 0 Å². The second-order valence-corrected chi connectivity index (χ2v) is 6.72. The van der Waals surface area contributed by atoms with Crippen LogP contribution in [0.25, 0.3) is 0 Å². The average Bonchev–Trinajstić information content (AvgIpc) is 2.75. The number of carbonyl (C=O) groups is 2. The smallest absolute Gasteiger partial charge is 0.339 e. The predicted octanol–water partition coefficient (Wildman–Crippen LogP) is 3.02. The quantitative estimate of drug-likeness (QED) is 0.838. The molecule has 6 heteroatoms. The summed E-state index contributed by atoms with van der Waals surface area (Å²) in [4.78, 5) is 25.0. The molecule has 5 nitrogen and oxygen atoms in total. The molecule has 0 aliphatic rings. The minimum absolute atomic E-state index is 0.0442. The highest BCUT2D eigenvalue weighted by Gasteiger charge is 2.26. The number of nitrogens with zero attached hydrogens (tertiary/aromatic N) is 1. The first-order chi connectivity index (χ1) is 9.77. The number of aryl methyl sites for hydroxylation is 1. The summed E-state index contributed by atoms with van der Waals surface area (Å²) in [5.74, 6) is 1.01. The zero-order valence-corrected chi connectivity index (χ0v) is 14.0. The van der Waals surface area contributed by atoms with E-state index in [1.807, 2.05) is 20.8 Å². The van der Waals surface area contributed by atoms with Gasteiger partial charge in [0, 0.05) is 7.05 Å². The van der Waals surface area contributed by atoms with Gasteiger partial charge < -0.3 is 14.4 Å². The van der Waals surface area contributed by atoms with Crippen LogP contribution in [0.2, 0.25) is 0 Å². The van der Waals surface area contributed by atoms with Crippen molar-refractivity contribution in [2.45, 2.75) is 39.5 Å². The molecule has 0 aromatic carbocycles. The maximum absolute atomic E-state index is 12.5. The van der Waals surface area contributed by atoms with E-state index < -0.39 is 5.97 Å². The summed E-state index contributed by atoms with van der Waals surface area (Å²) in [6, 6.07) is 1.48. The molecule has 21 heavy (non-hydrogen) atoms. The Balaban J connectivity index is 2.80. The first-order valence-corrected chi connectivity index (χ1v) is 8.02. The standard InChI is InChI=1S/C15H23NO4S/c1-6-21-13(9(2)3)14(17)16(5)8-11-7-12(15(18)19)10(4)20-11/h7,9,13H,6,8H2,1-5H3,(H,18,19)/t13-/m0/s1. The van der Waals surface area contributed by atoms with Crippen LogP contribution in [0.5, 0.6) is 0 Å². The molecule has 1 amide bonds. The van der Waals surface area contributed by atoms with Crippen LogP contribution >= 0.6 is 11.8 Å². The number of rotatable bonds is 7. The molecule has 0 fully saturated rings. The molecule has 1 aromatic heterocycles. The zero-order valence-electron chi connectivity index (χ0n) is 13.2. The third-order valence-electron chi connectivity index (χ3n) is 3.16. The van der Waals surface area contributed by atoms with E-state index in [0.29, 0.717) is 11.5 Å². The van der Waals surface area contributed by atoms with Crippen molar-refractivity contribution in [1.82, 2.24) is 4.90 Å². The Kier molecular flexibility index (Phi) is 6.33. The van der Waals surface area contributed by atoms with Crippen LogP contribution in [0.3, 0.4) is 0 Å². The van der Waals surface area contributed by atoms with Crippen LogP contribution in [0.15, 0.2) is 10.5 Å². The van der Waals surface area contributed by atoms with E-state index in [9.17, 15) is 9.59 Å². The number of hydrogen-bond acceptors (Lipinski definition) is 4. The normalized spacial score (nSPS) is 12.5. The van der Waals surface area contributed by atoms with Crippen LogP contribution in [0.4, 0.5) is 0 Å². The van der Waals surface area contributed by atoms with Gasteiger partial charge >= 0.3 is 5.97 Å². The van der Waals surface area contributed by atoms with E-state index in [0.717, 1.165) is 5.75 Å². The van der Waals surface area contributed by atoms with E-state index in [2.05, 4.69) is 0 Å². The Morgan fingerprint density at radius 1 is 1.43 bits per heavy atom. The molecule has 0 radical (unpaired) electrons. The molecule has 1 aromatic rings. The zero-order chi connectivity index (χ0) is 16.2. The van der Waals surface area contributed by atoms with Gasteiger partial charge in [0.1, 0.15) is 17.1 Å². The number of carboxylic acid groups (broad SMARTS) is 1. The van der Waals surface area contributed by atoms with Gasteiger partial charge in [0.25, 0.3) is 0 Å². The molecule has 0 saturated carbocycles. The molecule has 1 rings (SSSR count). The van der Waals surface area contributed by atoms with Crippen LogP contribution in [-0.2, 0) is 11.3 Å². The fraction of sp³-hybridized carbons (Fsp3) is 0.600. The fourth-order valence-electron chi connectivity index (χ4n) is 2.09. The van der Waals surface area contributed by atoms with Gasteiger partial charge in [-0.15, -0.1) is 11.8 Å². The van der Waals surface area contributed by atoms with Gasteiger partial charge in [-0.3, -0.25) is 4.79 Å². The van der Waals surface area contributed by atoms with Crippen LogP contribution in [-0.4, -0.2) is 39.9 Å². The minimum Gasteiger partial charge on any atom is -0.478 e. The number of carboxylic acids is 1. The van der Waals surface area contributed by atoms with Crippen LogP contribution in [0.1, 0.15) is 42.6 Å². The highest BCUT2D eigenvalue weighted by molar-refractivity contribution is 8.00. The average molecular weight is 313 g/mol. The Hall–Kier alpha value is -1.43. The molecule has 118 valence electrons. The molecule has 0 spiro atoms. The molecule has 0 saturated heterocycles. The lowest BCUT2D eigenvalue weighted by atomic mass is 10.1. The monoisotopic (exact) mass is 313 g/mol. The highest BCUT2D eigenvalue weighted by atomic mass is 32.2. The fourth-order valence-corrected chi connectivity index (χ4v) is 3.16. The van der Waals surface area contributed by atoms with Crippen molar-refractivity contribution < 1.29 is 19.1 Å². The first-order valence-electron chi connectivity index (χ1n) is 6.97. The second kappa shape index (κ2) is 7.54. The van der Waals surface area contributed by atoms with Crippen molar-refractivity contribution in [3.05, 3.63) is 23.2 Å². The van der Waals surface area contributed by atoms with Crippen molar-refractivity contribution >= 4 is 23.6 Å². The maximum Gasteiger partial charge on any atom is 0.339 e. The summed E-state index contributed by atoms with van der Waals surface area (Å²) in [5, 5.41) is 8.92. The Morgan fingerprint density at radius 2 is 2.05 bits per heavy atom. The Labute approximate surface area is 129 Å². The van der Waals surface area contributed by atoms with E-state index in [1.54, 1.807) is 30.6 Å². The number of furan rings is 1. The molecule has 0 aliphatic heterocycles. The van der Waals surface area contributed by atoms with Crippen LogP contribution in [0, 0.1) is 12.8 Å². The molecule has 1 heterocycles. The summed E-state index contributed by atoms with van der Waals surface area (Å²) in [7, 11) is 1.71. The lowest BCUT2D eigenvalue weighted by Crippen LogP contribution is -2.37. The molecular weight excluding hydrogens is 290 g/mol. The van der Waals surface area contributed by atoms with Crippen molar-refractivity contribution in [2.75, 3.05) is 12.8 Å². The second-order valence-electron chi connectivity index (χ2n) is 5.30. The topological polar surface area (TPSA) is 70.8 Å². The van der Waals surface area contributed by atoms with E-state index in [-0.39, 0.29) is 29.2 Å². The molecule has 1 N–H and O–H groups in total. The largest absolute Gasteiger partial charge is 0.478 e. The van der Waals surface area contributed by atoms with Gasteiger partial charge in [-0.1, -0.05) is 20.8 Å². The van der Waals surface area contributed by atoms with Crippen molar-refractivity contribution in [2.24, 2.45) is 5.92 Å². The molecule has 0 bridgehead atoms. The summed E-state index contributed by atoms with van der Waals surface area (Å²) in [5.41, 5.74) is 0.147. The van der Waals surface area contributed by atoms with E-state index >= 15 is 0 Å². The number of carbonyl (C=O) groups excluding carboxylic acids is 1. The SMILES string of the molecule is CCS[C@H](C(=O)N(C)Cc1cc(C(=O)O)c(C)o1)C(C)C. The first kappa shape index (κ1) is 17.6. The summed E-state index contributed by atoms with van der Waals surface area (Å²) in [6.07, 6.45) is 0. The van der Waals surface area contributed by atoms with Gasteiger partial charge in [-0.25, -0.2) is 4.79 Å². The van der Waals surface area contributed by atoms with Crippen LogP contribution < -0.4 is 0 Å². The lowest BCUT2D eigenvalue weighted by molar-refractivity contribution is -0.130.